The molecule has 0 unspecified atom stereocenters. The molecule has 5 nitrogen and oxygen atoms in total. The summed E-state index contributed by atoms with van der Waals surface area (Å²) in [7, 11) is 1.26. The summed E-state index contributed by atoms with van der Waals surface area (Å²) in [6.45, 7) is -0.0566. The molecule has 0 radical (unpaired) electrons. The molecule has 0 fully saturated rings. The molecule has 0 aliphatic heterocycles. The second-order valence-electron chi connectivity index (χ2n) is 6.86. The number of hydrogen-bond acceptors (Lipinski definition) is 4. The fourth-order valence-corrected chi connectivity index (χ4v) is 3.85. The fourth-order valence-electron chi connectivity index (χ4n) is 3.28. The Hall–Kier alpha value is -2.86. The minimum Gasteiger partial charge on any atom is -0.467 e. The van der Waals surface area contributed by atoms with Crippen molar-refractivity contribution in [3.63, 3.8) is 0 Å². The number of aliphatic hydroxyl groups is 1. The van der Waals surface area contributed by atoms with Crippen molar-refractivity contribution in [3.05, 3.63) is 93.5 Å². The third-order valence-corrected chi connectivity index (χ3v) is 5.50. The SMILES string of the molecule is COC(=O)[C@H](Cc1ccc(-c2ccccc2CO)cc1)NC(=O)c1c(Cl)cccc1Cl. The molecule has 0 aromatic heterocycles. The molecule has 160 valence electrons. The van der Waals surface area contributed by atoms with Gasteiger partial charge in [0.15, 0.2) is 0 Å². The first-order valence-electron chi connectivity index (χ1n) is 9.55. The topological polar surface area (TPSA) is 75.6 Å². The van der Waals surface area contributed by atoms with Crippen molar-refractivity contribution in [2.75, 3.05) is 7.11 Å². The Morgan fingerprint density at radius 3 is 2.23 bits per heavy atom. The number of rotatable bonds is 7. The Morgan fingerprint density at radius 2 is 1.61 bits per heavy atom. The molecule has 2 N–H and O–H groups in total. The molecule has 0 bridgehead atoms. The number of halogens is 2. The van der Waals surface area contributed by atoms with Gasteiger partial charge < -0.3 is 15.2 Å². The Morgan fingerprint density at radius 1 is 0.968 bits per heavy atom. The minimum absolute atomic E-state index is 0.0566. The predicted octanol–water partition coefficient (Wildman–Crippen LogP) is 4.67. The van der Waals surface area contributed by atoms with Crippen LogP contribution in [-0.4, -0.2) is 30.1 Å². The number of hydrogen-bond donors (Lipinski definition) is 2. The number of carbonyl (C=O) groups excluding carboxylic acids is 2. The van der Waals surface area contributed by atoms with Gasteiger partial charge in [-0.05, 0) is 34.4 Å². The van der Waals surface area contributed by atoms with Gasteiger partial charge in [0.1, 0.15) is 6.04 Å². The van der Waals surface area contributed by atoms with Crippen LogP contribution in [0.1, 0.15) is 21.5 Å². The largest absolute Gasteiger partial charge is 0.467 e. The third-order valence-electron chi connectivity index (χ3n) is 4.87. The molecule has 3 aromatic carbocycles. The Kier molecular flexibility index (Phi) is 7.69. The first kappa shape index (κ1) is 22.8. The number of esters is 1. The summed E-state index contributed by atoms with van der Waals surface area (Å²) in [5.41, 5.74) is 3.63. The van der Waals surface area contributed by atoms with Crippen molar-refractivity contribution < 1.29 is 19.4 Å². The summed E-state index contributed by atoms with van der Waals surface area (Å²) in [4.78, 5) is 25.0. The normalized spacial score (nSPS) is 11.6. The highest BCUT2D eigenvalue weighted by Gasteiger charge is 2.25. The Balaban J connectivity index is 1.80. The molecule has 0 saturated heterocycles. The van der Waals surface area contributed by atoms with Crippen molar-refractivity contribution in [1.82, 2.24) is 5.32 Å². The van der Waals surface area contributed by atoms with E-state index in [0.29, 0.717) is 0 Å². The van der Waals surface area contributed by atoms with Gasteiger partial charge in [-0.2, -0.15) is 0 Å². The van der Waals surface area contributed by atoms with E-state index in [1.807, 2.05) is 48.5 Å². The third kappa shape index (κ3) is 5.44. The van der Waals surface area contributed by atoms with Crippen LogP contribution in [0.5, 0.6) is 0 Å². The van der Waals surface area contributed by atoms with Crippen LogP contribution in [0.4, 0.5) is 0 Å². The van der Waals surface area contributed by atoms with Crippen LogP contribution in [0.15, 0.2) is 66.7 Å². The molecule has 3 rings (SSSR count). The van der Waals surface area contributed by atoms with E-state index >= 15 is 0 Å². The highest BCUT2D eigenvalue weighted by Crippen LogP contribution is 2.26. The molecule has 0 aliphatic rings. The van der Waals surface area contributed by atoms with E-state index in [-0.39, 0.29) is 28.6 Å². The van der Waals surface area contributed by atoms with E-state index in [9.17, 15) is 14.7 Å². The van der Waals surface area contributed by atoms with E-state index in [1.165, 1.54) is 7.11 Å². The van der Waals surface area contributed by atoms with Gasteiger partial charge in [0, 0.05) is 6.42 Å². The van der Waals surface area contributed by atoms with Crippen molar-refractivity contribution >= 4 is 35.1 Å². The molecule has 0 heterocycles. The van der Waals surface area contributed by atoms with Crippen LogP contribution in [0, 0.1) is 0 Å². The first-order valence-corrected chi connectivity index (χ1v) is 10.3. The van der Waals surface area contributed by atoms with Crippen molar-refractivity contribution in [1.29, 1.82) is 0 Å². The Bertz CT molecular complexity index is 1060. The second kappa shape index (κ2) is 10.4. The maximum Gasteiger partial charge on any atom is 0.328 e. The molecule has 0 saturated carbocycles. The van der Waals surface area contributed by atoms with Gasteiger partial charge >= 0.3 is 5.97 Å². The molecule has 1 amide bonds. The van der Waals surface area contributed by atoms with Crippen LogP contribution in [0.2, 0.25) is 10.0 Å². The zero-order valence-corrected chi connectivity index (χ0v) is 18.3. The molecule has 0 spiro atoms. The molecular formula is C24H21Cl2NO4. The summed E-state index contributed by atoms with van der Waals surface area (Å²) in [6.07, 6.45) is 0.225. The van der Waals surface area contributed by atoms with E-state index < -0.39 is 17.9 Å². The predicted molar refractivity (Wildman–Crippen MR) is 121 cm³/mol. The average molecular weight is 458 g/mol. The van der Waals surface area contributed by atoms with Crippen molar-refractivity contribution in [3.8, 4) is 11.1 Å². The molecule has 0 aliphatic carbocycles. The quantitative estimate of drug-likeness (QED) is 0.505. The number of nitrogens with one attached hydrogen (secondary N) is 1. The molecule has 7 heteroatoms. The lowest BCUT2D eigenvalue weighted by Crippen LogP contribution is -2.43. The fraction of sp³-hybridized carbons (Fsp3) is 0.167. The van der Waals surface area contributed by atoms with E-state index in [1.54, 1.807) is 18.2 Å². The number of aliphatic hydroxyl groups excluding tert-OH is 1. The Labute approximate surface area is 190 Å². The summed E-state index contributed by atoms with van der Waals surface area (Å²) < 4.78 is 4.86. The monoisotopic (exact) mass is 457 g/mol. The molecule has 3 aromatic rings. The molecule has 1 atom stereocenters. The van der Waals surface area contributed by atoms with Crippen LogP contribution in [-0.2, 0) is 22.6 Å². The lowest BCUT2D eigenvalue weighted by atomic mass is 9.97. The lowest BCUT2D eigenvalue weighted by Gasteiger charge is -2.18. The van der Waals surface area contributed by atoms with Gasteiger partial charge in [0.05, 0.1) is 29.3 Å². The summed E-state index contributed by atoms with van der Waals surface area (Å²) in [5.74, 6) is -1.13. The van der Waals surface area contributed by atoms with Gasteiger partial charge in [-0.15, -0.1) is 0 Å². The summed E-state index contributed by atoms with van der Waals surface area (Å²) in [5, 5.41) is 12.6. The number of ether oxygens (including phenoxy) is 1. The van der Waals surface area contributed by atoms with Crippen LogP contribution in [0.25, 0.3) is 11.1 Å². The van der Waals surface area contributed by atoms with Gasteiger partial charge in [-0.3, -0.25) is 4.79 Å². The number of carbonyl (C=O) groups is 2. The average Bonchev–Trinajstić information content (AvgIpc) is 2.78. The zero-order chi connectivity index (χ0) is 22.4. The van der Waals surface area contributed by atoms with E-state index in [0.717, 1.165) is 22.3 Å². The maximum absolute atomic E-state index is 12.7. The number of methoxy groups -OCH3 is 1. The summed E-state index contributed by atoms with van der Waals surface area (Å²) >= 11 is 12.2. The molecular weight excluding hydrogens is 437 g/mol. The van der Waals surface area contributed by atoms with Crippen LogP contribution >= 0.6 is 23.2 Å². The minimum atomic E-state index is -0.916. The first-order chi connectivity index (χ1) is 14.9. The van der Waals surface area contributed by atoms with E-state index in [2.05, 4.69) is 5.32 Å². The molecule has 31 heavy (non-hydrogen) atoms. The van der Waals surface area contributed by atoms with Crippen molar-refractivity contribution in [2.24, 2.45) is 0 Å². The van der Waals surface area contributed by atoms with Crippen LogP contribution in [0.3, 0.4) is 0 Å². The highest BCUT2D eigenvalue weighted by atomic mass is 35.5. The highest BCUT2D eigenvalue weighted by molar-refractivity contribution is 6.39. The maximum atomic E-state index is 12.7. The van der Waals surface area contributed by atoms with Gasteiger partial charge in [0.25, 0.3) is 5.91 Å². The lowest BCUT2D eigenvalue weighted by molar-refractivity contribution is -0.142. The van der Waals surface area contributed by atoms with Gasteiger partial charge in [-0.25, -0.2) is 4.79 Å². The van der Waals surface area contributed by atoms with Crippen molar-refractivity contribution in [2.45, 2.75) is 19.1 Å². The van der Waals surface area contributed by atoms with Crippen LogP contribution < -0.4 is 5.32 Å². The number of benzene rings is 3. The zero-order valence-electron chi connectivity index (χ0n) is 16.8. The van der Waals surface area contributed by atoms with Gasteiger partial charge in [0.2, 0.25) is 0 Å². The van der Waals surface area contributed by atoms with E-state index in [4.69, 9.17) is 27.9 Å². The standard InChI is InChI=1S/C24H21Cl2NO4/c1-31-24(30)21(27-23(29)22-19(25)7-4-8-20(22)26)13-15-9-11-16(12-10-15)18-6-3-2-5-17(18)14-28/h2-12,21,28H,13-14H2,1H3,(H,27,29)/t21-/m0/s1. The number of amides is 1. The van der Waals surface area contributed by atoms with Gasteiger partial charge in [-0.1, -0.05) is 77.8 Å². The second-order valence-corrected chi connectivity index (χ2v) is 7.68. The summed E-state index contributed by atoms with van der Waals surface area (Å²) in [6, 6.07) is 19.0. The smallest absolute Gasteiger partial charge is 0.328 e.